The molecule has 0 atom stereocenters. The van der Waals surface area contributed by atoms with E-state index in [0.717, 1.165) is 11.1 Å². The first-order valence-corrected chi connectivity index (χ1v) is 9.05. The van der Waals surface area contributed by atoms with Gasteiger partial charge >= 0.3 is 11.9 Å². The summed E-state index contributed by atoms with van der Waals surface area (Å²) in [6.07, 6.45) is 4.65. The summed E-state index contributed by atoms with van der Waals surface area (Å²) >= 11 is 0. The minimum absolute atomic E-state index is 0.209. The number of hydrogen-bond donors (Lipinski definition) is 1. The number of esters is 1. The van der Waals surface area contributed by atoms with Crippen LogP contribution < -0.4 is 9.47 Å². The van der Waals surface area contributed by atoms with E-state index in [1.807, 2.05) is 24.3 Å². The van der Waals surface area contributed by atoms with Crippen molar-refractivity contribution in [1.29, 1.82) is 0 Å². The van der Waals surface area contributed by atoms with Crippen LogP contribution in [-0.4, -0.2) is 30.4 Å². The van der Waals surface area contributed by atoms with Gasteiger partial charge < -0.3 is 14.6 Å². The summed E-state index contributed by atoms with van der Waals surface area (Å²) in [4.78, 5) is 27.2. The minimum Gasteiger partial charge on any atom is -0.497 e. The van der Waals surface area contributed by atoms with Crippen LogP contribution in [0.1, 0.15) is 21.5 Å². The highest BCUT2D eigenvalue weighted by Crippen LogP contribution is 2.16. The van der Waals surface area contributed by atoms with Crippen molar-refractivity contribution < 1.29 is 24.2 Å². The molecule has 0 saturated carbocycles. The number of rotatable bonds is 7. The summed E-state index contributed by atoms with van der Waals surface area (Å²) in [7, 11) is 1.58. The topological polar surface area (TPSA) is 85.2 Å². The molecule has 0 aliphatic rings. The molecule has 0 unspecified atom stereocenters. The number of carbonyl (C=O) groups is 2. The molecule has 0 radical (unpaired) electrons. The third-order valence-corrected chi connectivity index (χ3v) is 4.08. The SMILES string of the molecule is COc1cccc(/C=C/C(=O)Oc2ccc(C=Nc3ccc(C(=O)O)cc3)cc2)c1. The molecule has 6 nitrogen and oxygen atoms in total. The lowest BCUT2D eigenvalue weighted by atomic mass is 10.2. The summed E-state index contributed by atoms with van der Waals surface area (Å²) in [5.41, 5.74) is 2.48. The zero-order valence-corrected chi connectivity index (χ0v) is 16.2. The van der Waals surface area contributed by atoms with Crippen molar-refractivity contribution in [2.45, 2.75) is 0 Å². The molecule has 0 aromatic heterocycles. The van der Waals surface area contributed by atoms with E-state index in [4.69, 9.17) is 14.6 Å². The first-order valence-electron chi connectivity index (χ1n) is 9.05. The lowest BCUT2D eigenvalue weighted by molar-refractivity contribution is -0.128. The predicted molar refractivity (Wildman–Crippen MR) is 115 cm³/mol. The van der Waals surface area contributed by atoms with E-state index >= 15 is 0 Å². The molecule has 0 aliphatic heterocycles. The molecule has 0 fully saturated rings. The summed E-state index contributed by atoms with van der Waals surface area (Å²) in [6.45, 7) is 0. The lowest BCUT2D eigenvalue weighted by Gasteiger charge is -2.02. The average molecular weight is 401 g/mol. The van der Waals surface area contributed by atoms with Gasteiger partial charge in [0.05, 0.1) is 18.4 Å². The van der Waals surface area contributed by atoms with Crippen LogP contribution in [0.2, 0.25) is 0 Å². The molecule has 3 aromatic rings. The number of nitrogens with zero attached hydrogens (tertiary/aromatic N) is 1. The number of hydrogen-bond acceptors (Lipinski definition) is 5. The maximum absolute atomic E-state index is 12.0. The van der Waals surface area contributed by atoms with Gasteiger partial charge in [0.2, 0.25) is 0 Å². The monoisotopic (exact) mass is 401 g/mol. The third kappa shape index (κ3) is 5.90. The van der Waals surface area contributed by atoms with Crippen molar-refractivity contribution in [2.24, 2.45) is 4.99 Å². The number of carboxylic acids is 1. The van der Waals surface area contributed by atoms with Crippen LogP contribution in [0.5, 0.6) is 11.5 Å². The van der Waals surface area contributed by atoms with Gasteiger partial charge in [0, 0.05) is 12.3 Å². The van der Waals surface area contributed by atoms with Crippen LogP contribution in [0.25, 0.3) is 6.08 Å². The van der Waals surface area contributed by atoms with Crippen molar-refractivity contribution in [3.8, 4) is 11.5 Å². The van der Waals surface area contributed by atoms with Crippen molar-refractivity contribution in [2.75, 3.05) is 7.11 Å². The van der Waals surface area contributed by atoms with E-state index in [1.54, 1.807) is 55.8 Å². The predicted octanol–water partition coefficient (Wildman–Crippen LogP) is 4.76. The fraction of sp³-hybridized carbons (Fsp3) is 0.0417. The summed E-state index contributed by atoms with van der Waals surface area (Å²) < 4.78 is 10.4. The maximum Gasteiger partial charge on any atom is 0.336 e. The molecular weight excluding hydrogens is 382 g/mol. The quantitative estimate of drug-likeness (QED) is 0.267. The highest BCUT2D eigenvalue weighted by molar-refractivity contribution is 5.89. The van der Waals surface area contributed by atoms with Crippen LogP contribution >= 0.6 is 0 Å². The summed E-state index contributed by atoms with van der Waals surface area (Å²) in [5, 5.41) is 8.90. The largest absolute Gasteiger partial charge is 0.497 e. The molecule has 0 saturated heterocycles. The number of aliphatic imine (C=N–C) groups is 1. The van der Waals surface area contributed by atoms with Gasteiger partial charge in [-0.2, -0.15) is 0 Å². The van der Waals surface area contributed by atoms with Gasteiger partial charge in [-0.3, -0.25) is 4.99 Å². The zero-order chi connectivity index (χ0) is 21.3. The van der Waals surface area contributed by atoms with E-state index in [1.165, 1.54) is 18.2 Å². The number of carbonyl (C=O) groups excluding carboxylic acids is 1. The fourth-order valence-electron chi connectivity index (χ4n) is 2.52. The Morgan fingerprint density at radius 1 is 0.900 bits per heavy atom. The van der Waals surface area contributed by atoms with E-state index in [2.05, 4.69) is 4.99 Å². The first-order chi connectivity index (χ1) is 14.5. The van der Waals surface area contributed by atoms with Crippen molar-refractivity contribution in [3.63, 3.8) is 0 Å². The van der Waals surface area contributed by atoms with E-state index < -0.39 is 11.9 Å². The molecule has 30 heavy (non-hydrogen) atoms. The number of benzene rings is 3. The molecule has 0 aliphatic carbocycles. The van der Waals surface area contributed by atoms with Gasteiger partial charge in [-0.25, -0.2) is 9.59 Å². The first kappa shape index (κ1) is 20.5. The molecule has 3 rings (SSSR count). The Labute approximate surface area is 173 Å². The minimum atomic E-state index is -0.978. The highest BCUT2D eigenvalue weighted by Gasteiger charge is 2.02. The standard InChI is InChI=1S/C24H19NO5/c1-29-22-4-2-3-17(15-22)7-14-23(26)30-21-12-5-18(6-13-21)16-25-20-10-8-19(9-11-20)24(27)28/h2-16H,1H3,(H,27,28)/b14-7+,25-16?. The normalized spacial score (nSPS) is 11.0. The zero-order valence-electron chi connectivity index (χ0n) is 16.2. The molecule has 0 spiro atoms. The Hall–Kier alpha value is -4.19. The number of ether oxygens (including phenoxy) is 2. The molecule has 1 N–H and O–H groups in total. The van der Waals surface area contributed by atoms with Crippen molar-refractivity contribution in [3.05, 3.63) is 95.6 Å². The number of methoxy groups -OCH3 is 1. The fourth-order valence-corrected chi connectivity index (χ4v) is 2.52. The lowest BCUT2D eigenvalue weighted by Crippen LogP contribution is -2.03. The Bertz CT molecular complexity index is 1080. The number of aromatic carboxylic acids is 1. The highest BCUT2D eigenvalue weighted by atomic mass is 16.5. The smallest absolute Gasteiger partial charge is 0.336 e. The van der Waals surface area contributed by atoms with E-state index in [-0.39, 0.29) is 5.56 Å². The van der Waals surface area contributed by atoms with E-state index in [9.17, 15) is 9.59 Å². The van der Waals surface area contributed by atoms with Gasteiger partial charge in [-0.05, 0) is 77.9 Å². The third-order valence-electron chi connectivity index (χ3n) is 4.08. The molecular formula is C24H19NO5. The van der Waals surface area contributed by atoms with Crippen LogP contribution in [-0.2, 0) is 4.79 Å². The Kier molecular flexibility index (Phi) is 6.74. The second-order valence-electron chi connectivity index (χ2n) is 6.21. The Morgan fingerprint density at radius 3 is 2.30 bits per heavy atom. The van der Waals surface area contributed by atoms with Crippen LogP contribution in [0.4, 0.5) is 5.69 Å². The van der Waals surface area contributed by atoms with Crippen molar-refractivity contribution in [1.82, 2.24) is 0 Å². The summed E-state index contributed by atoms with van der Waals surface area (Å²) in [6, 6.07) is 20.5. The maximum atomic E-state index is 12.0. The summed E-state index contributed by atoms with van der Waals surface area (Å²) in [5.74, 6) is -0.342. The van der Waals surface area contributed by atoms with Gasteiger partial charge in [-0.15, -0.1) is 0 Å². The van der Waals surface area contributed by atoms with Gasteiger partial charge in [0.1, 0.15) is 11.5 Å². The van der Waals surface area contributed by atoms with Crippen molar-refractivity contribution >= 4 is 29.9 Å². The molecule has 6 heteroatoms. The van der Waals surface area contributed by atoms with Crippen LogP contribution in [0.15, 0.2) is 83.9 Å². The Balaban J connectivity index is 1.57. The van der Waals surface area contributed by atoms with Gasteiger partial charge in [-0.1, -0.05) is 12.1 Å². The number of carboxylic acid groups (broad SMARTS) is 1. The van der Waals surface area contributed by atoms with Gasteiger partial charge in [0.15, 0.2) is 0 Å². The molecule has 3 aromatic carbocycles. The van der Waals surface area contributed by atoms with Gasteiger partial charge in [0.25, 0.3) is 0 Å². The molecule has 0 heterocycles. The molecule has 150 valence electrons. The molecule has 0 amide bonds. The van der Waals surface area contributed by atoms with Crippen LogP contribution in [0.3, 0.4) is 0 Å². The molecule has 0 bridgehead atoms. The second kappa shape index (κ2) is 9.84. The van der Waals surface area contributed by atoms with E-state index in [0.29, 0.717) is 17.2 Å². The van der Waals surface area contributed by atoms with Crippen LogP contribution in [0, 0.1) is 0 Å². The second-order valence-corrected chi connectivity index (χ2v) is 6.21. The Morgan fingerprint density at radius 2 is 1.63 bits per heavy atom. The average Bonchev–Trinajstić information content (AvgIpc) is 2.77.